The van der Waals surface area contributed by atoms with E-state index in [4.69, 9.17) is 14.6 Å². The number of ether oxygens (including phenoxy) is 2. The van der Waals surface area contributed by atoms with E-state index in [9.17, 15) is 4.79 Å². The quantitative estimate of drug-likeness (QED) is 0.786. The van der Waals surface area contributed by atoms with Crippen molar-refractivity contribution in [2.45, 2.75) is 33.0 Å². The molecule has 5 nitrogen and oxygen atoms in total. The highest BCUT2D eigenvalue weighted by atomic mass is 16.5. The van der Waals surface area contributed by atoms with Gasteiger partial charge in [-0.1, -0.05) is 6.07 Å². The van der Waals surface area contributed by atoms with Gasteiger partial charge in [-0.3, -0.25) is 0 Å². The second kappa shape index (κ2) is 6.47. The molecule has 1 aromatic heterocycles. The first-order valence-corrected chi connectivity index (χ1v) is 5.79. The van der Waals surface area contributed by atoms with Crippen molar-refractivity contribution in [1.82, 2.24) is 4.98 Å². The second-order valence-corrected chi connectivity index (χ2v) is 4.83. The van der Waals surface area contributed by atoms with Crippen LogP contribution in [0.5, 0.6) is 0 Å². The summed E-state index contributed by atoms with van der Waals surface area (Å²) in [7, 11) is 0. The van der Waals surface area contributed by atoms with E-state index in [0.717, 1.165) is 0 Å². The molecule has 0 aliphatic carbocycles. The van der Waals surface area contributed by atoms with E-state index in [1.165, 1.54) is 6.20 Å². The second-order valence-electron chi connectivity index (χ2n) is 4.83. The molecule has 1 rings (SSSR count). The van der Waals surface area contributed by atoms with E-state index in [-0.39, 0.29) is 17.9 Å². The molecule has 0 amide bonds. The monoisotopic (exact) mass is 253 g/mol. The number of hydrogen-bond acceptors (Lipinski definition) is 4. The van der Waals surface area contributed by atoms with Gasteiger partial charge in [0.25, 0.3) is 0 Å². The smallest absolute Gasteiger partial charge is 0.354 e. The number of aromatic carboxylic acids is 1. The van der Waals surface area contributed by atoms with E-state index in [1.54, 1.807) is 12.1 Å². The van der Waals surface area contributed by atoms with Crippen LogP contribution in [-0.4, -0.2) is 34.9 Å². The van der Waals surface area contributed by atoms with E-state index >= 15 is 0 Å². The van der Waals surface area contributed by atoms with Gasteiger partial charge in [-0.2, -0.15) is 0 Å². The highest BCUT2D eigenvalue weighted by Crippen LogP contribution is 2.08. The van der Waals surface area contributed by atoms with Crippen molar-refractivity contribution in [2.75, 3.05) is 13.2 Å². The molecule has 1 aromatic rings. The Morgan fingerprint density at radius 3 is 2.72 bits per heavy atom. The number of pyridine rings is 1. The summed E-state index contributed by atoms with van der Waals surface area (Å²) in [5.41, 5.74) is 0.416. The fourth-order valence-corrected chi connectivity index (χ4v) is 1.34. The maximum atomic E-state index is 10.9. The molecular weight excluding hydrogens is 234 g/mol. The normalized spacial score (nSPS) is 11.5. The lowest BCUT2D eigenvalue weighted by molar-refractivity contribution is -0.0377. The molecule has 0 radical (unpaired) electrons. The molecule has 0 unspecified atom stereocenters. The molecule has 0 fully saturated rings. The molecule has 0 aliphatic heterocycles. The number of carbonyl (C=O) groups is 1. The average molecular weight is 253 g/mol. The lowest BCUT2D eigenvalue weighted by Gasteiger charge is -2.19. The number of rotatable bonds is 6. The third-order valence-electron chi connectivity index (χ3n) is 2.11. The van der Waals surface area contributed by atoms with Gasteiger partial charge in [0.15, 0.2) is 5.69 Å². The minimum Gasteiger partial charge on any atom is -0.477 e. The minimum absolute atomic E-state index is 0.0363. The van der Waals surface area contributed by atoms with Gasteiger partial charge in [0.2, 0.25) is 0 Å². The standard InChI is InChI=1S/C13H19NO4/c1-13(2,3)18-8-7-17-9-10-5-4-6-14-11(10)12(15)16/h4-6H,7-9H2,1-3H3,(H,15,16). The number of carboxylic acid groups (broad SMARTS) is 1. The van der Waals surface area contributed by atoms with Crippen LogP contribution in [0.4, 0.5) is 0 Å². The summed E-state index contributed by atoms with van der Waals surface area (Å²) in [6.45, 7) is 7.03. The van der Waals surface area contributed by atoms with Gasteiger partial charge in [0.05, 0.1) is 25.4 Å². The Morgan fingerprint density at radius 1 is 1.39 bits per heavy atom. The van der Waals surface area contributed by atoms with Gasteiger partial charge < -0.3 is 14.6 Å². The third kappa shape index (κ3) is 5.25. The van der Waals surface area contributed by atoms with Gasteiger partial charge in [0.1, 0.15) is 0 Å². The molecule has 0 aromatic carbocycles. The summed E-state index contributed by atoms with van der Waals surface area (Å²) < 4.78 is 10.9. The Bertz CT molecular complexity index is 398. The molecule has 0 aliphatic rings. The molecule has 1 heterocycles. The number of nitrogens with zero attached hydrogens (tertiary/aromatic N) is 1. The van der Waals surface area contributed by atoms with Crippen LogP contribution >= 0.6 is 0 Å². The zero-order valence-corrected chi connectivity index (χ0v) is 11.0. The van der Waals surface area contributed by atoms with Crippen LogP contribution in [0.15, 0.2) is 18.3 Å². The fourth-order valence-electron chi connectivity index (χ4n) is 1.34. The van der Waals surface area contributed by atoms with Crippen LogP contribution in [-0.2, 0) is 16.1 Å². The van der Waals surface area contributed by atoms with Crippen LogP contribution in [0.25, 0.3) is 0 Å². The fraction of sp³-hybridized carbons (Fsp3) is 0.538. The first-order chi connectivity index (χ1) is 8.40. The molecular formula is C13H19NO4. The Morgan fingerprint density at radius 2 is 2.11 bits per heavy atom. The SMILES string of the molecule is CC(C)(C)OCCOCc1cccnc1C(=O)O. The van der Waals surface area contributed by atoms with Crippen molar-refractivity contribution in [1.29, 1.82) is 0 Å². The summed E-state index contributed by atoms with van der Waals surface area (Å²) in [5, 5.41) is 8.93. The van der Waals surface area contributed by atoms with Crippen LogP contribution in [0.3, 0.4) is 0 Å². The van der Waals surface area contributed by atoms with E-state index in [0.29, 0.717) is 18.8 Å². The van der Waals surface area contributed by atoms with Gasteiger partial charge in [-0.15, -0.1) is 0 Å². The zero-order chi connectivity index (χ0) is 13.6. The molecule has 0 atom stereocenters. The maximum Gasteiger partial charge on any atom is 0.354 e. The van der Waals surface area contributed by atoms with Crippen molar-refractivity contribution in [3.05, 3.63) is 29.6 Å². The van der Waals surface area contributed by atoms with Gasteiger partial charge in [-0.25, -0.2) is 9.78 Å². The summed E-state index contributed by atoms with van der Waals surface area (Å²) >= 11 is 0. The topological polar surface area (TPSA) is 68.7 Å². The van der Waals surface area contributed by atoms with Crippen LogP contribution in [0.2, 0.25) is 0 Å². The largest absolute Gasteiger partial charge is 0.477 e. The van der Waals surface area contributed by atoms with Crippen molar-refractivity contribution in [3.8, 4) is 0 Å². The highest BCUT2D eigenvalue weighted by molar-refractivity contribution is 5.86. The Kier molecular flexibility index (Phi) is 5.25. The summed E-state index contributed by atoms with van der Waals surface area (Å²) in [6.07, 6.45) is 1.45. The van der Waals surface area contributed by atoms with Crippen molar-refractivity contribution in [3.63, 3.8) is 0 Å². The Labute approximate surface area is 107 Å². The van der Waals surface area contributed by atoms with Gasteiger partial charge >= 0.3 is 5.97 Å². The molecule has 0 spiro atoms. The molecule has 1 N–H and O–H groups in total. The molecule has 18 heavy (non-hydrogen) atoms. The van der Waals surface area contributed by atoms with Crippen molar-refractivity contribution in [2.24, 2.45) is 0 Å². The molecule has 0 saturated carbocycles. The highest BCUT2D eigenvalue weighted by Gasteiger charge is 2.11. The lowest BCUT2D eigenvalue weighted by atomic mass is 10.2. The van der Waals surface area contributed by atoms with Gasteiger partial charge in [0, 0.05) is 11.8 Å². The number of hydrogen-bond donors (Lipinski definition) is 1. The zero-order valence-electron chi connectivity index (χ0n) is 11.0. The van der Waals surface area contributed by atoms with Crippen LogP contribution in [0.1, 0.15) is 36.8 Å². The average Bonchev–Trinajstić information content (AvgIpc) is 2.27. The first kappa shape index (κ1) is 14.6. The lowest BCUT2D eigenvalue weighted by Crippen LogP contribution is -2.21. The van der Waals surface area contributed by atoms with Crippen molar-refractivity contribution < 1.29 is 19.4 Å². The molecule has 0 bridgehead atoms. The molecule has 100 valence electrons. The molecule has 0 saturated heterocycles. The van der Waals surface area contributed by atoms with E-state index < -0.39 is 5.97 Å². The van der Waals surface area contributed by atoms with Crippen molar-refractivity contribution >= 4 is 5.97 Å². The Hall–Kier alpha value is -1.46. The Balaban J connectivity index is 2.38. The van der Waals surface area contributed by atoms with E-state index in [2.05, 4.69) is 4.98 Å². The first-order valence-electron chi connectivity index (χ1n) is 5.79. The van der Waals surface area contributed by atoms with E-state index in [1.807, 2.05) is 20.8 Å². The third-order valence-corrected chi connectivity index (χ3v) is 2.11. The minimum atomic E-state index is -1.04. The number of carboxylic acids is 1. The summed E-state index contributed by atoms with van der Waals surface area (Å²) in [4.78, 5) is 14.7. The van der Waals surface area contributed by atoms with Crippen LogP contribution < -0.4 is 0 Å². The predicted octanol–water partition coefficient (Wildman–Crippen LogP) is 2.11. The molecule has 5 heteroatoms. The van der Waals surface area contributed by atoms with Crippen LogP contribution in [0, 0.1) is 0 Å². The summed E-state index contributed by atoms with van der Waals surface area (Å²) in [5.74, 6) is -1.04. The summed E-state index contributed by atoms with van der Waals surface area (Å²) in [6, 6.07) is 3.39. The van der Waals surface area contributed by atoms with Gasteiger partial charge in [-0.05, 0) is 26.8 Å². The number of aromatic nitrogens is 1. The predicted molar refractivity (Wildman–Crippen MR) is 66.6 cm³/mol. The maximum absolute atomic E-state index is 10.9.